The average Bonchev–Trinajstić information content (AvgIpc) is 2.89. The minimum Gasteiger partial charge on any atom is -0.393 e. The van der Waals surface area contributed by atoms with E-state index in [1.54, 1.807) is 13.2 Å². The Morgan fingerprint density at radius 3 is 2.74 bits per heavy atom. The van der Waals surface area contributed by atoms with Crippen LogP contribution in [0.25, 0.3) is 0 Å². The molecule has 0 saturated heterocycles. The maximum Gasteiger partial charge on any atom is 0.254 e. The Labute approximate surface area is 131 Å². The SMILES string of the molecule is Cn1cc(C(=O)N[C@@H](c2ccc(F)cc2F)C2CC(O)C2)cn1. The van der Waals surface area contributed by atoms with Crippen molar-refractivity contribution in [1.82, 2.24) is 15.1 Å². The summed E-state index contributed by atoms with van der Waals surface area (Å²) in [5, 5.41) is 16.2. The van der Waals surface area contributed by atoms with Crippen molar-refractivity contribution in [1.29, 1.82) is 0 Å². The van der Waals surface area contributed by atoms with Crippen LogP contribution in [0.4, 0.5) is 8.78 Å². The van der Waals surface area contributed by atoms with Gasteiger partial charge in [0.2, 0.25) is 0 Å². The quantitative estimate of drug-likeness (QED) is 0.904. The summed E-state index contributed by atoms with van der Waals surface area (Å²) in [6.45, 7) is 0. The summed E-state index contributed by atoms with van der Waals surface area (Å²) in [6.07, 6.45) is 3.47. The molecule has 3 rings (SSSR count). The molecule has 0 bridgehead atoms. The predicted octanol–water partition coefficient (Wildman–Crippen LogP) is 1.94. The number of hydrogen-bond acceptors (Lipinski definition) is 3. The van der Waals surface area contributed by atoms with Gasteiger partial charge in [0.1, 0.15) is 11.6 Å². The van der Waals surface area contributed by atoms with E-state index < -0.39 is 23.8 Å². The third kappa shape index (κ3) is 3.24. The Balaban J connectivity index is 1.85. The summed E-state index contributed by atoms with van der Waals surface area (Å²) in [6, 6.07) is 2.68. The van der Waals surface area contributed by atoms with Crippen molar-refractivity contribution in [3.63, 3.8) is 0 Å². The van der Waals surface area contributed by atoms with Gasteiger partial charge in [-0.15, -0.1) is 0 Å². The third-order valence-corrected chi connectivity index (χ3v) is 4.17. The number of nitrogens with one attached hydrogen (secondary N) is 1. The molecule has 23 heavy (non-hydrogen) atoms. The van der Waals surface area contributed by atoms with E-state index in [1.165, 1.54) is 16.9 Å². The summed E-state index contributed by atoms with van der Waals surface area (Å²) in [5.74, 6) is -1.85. The molecule has 1 aliphatic carbocycles. The highest BCUT2D eigenvalue weighted by Gasteiger charge is 2.37. The lowest BCUT2D eigenvalue weighted by Gasteiger charge is -2.38. The van der Waals surface area contributed by atoms with E-state index in [2.05, 4.69) is 10.4 Å². The van der Waals surface area contributed by atoms with Crippen LogP contribution in [0, 0.1) is 17.6 Å². The van der Waals surface area contributed by atoms with Crippen LogP contribution in [0.15, 0.2) is 30.6 Å². The van der Waals surface area contributed by atoms with Crippen molar-refractivity contribution >= 4 is 5.91 Å². The molecule has 1 atom stereocenters. The zero-order valence-electron chi connectivity index (χ0n) is 12.5. The highest BCUT2D eigenvalue weighted by atomic mass is 19.1. The Hall–Kier alpha value is -2.28. The van der Waals surface area contributed by atoms with Crippen molar-refractivity contribution in [2.45, 2.75) is 25.0 Å². The van der Waals surface area contributed by atoms with E-state index >= 15 is 0 Å². The van der Waals surface area contributed by atoms with Crippen LogP contribution < -0.4 is 5.32 Å². The third-order valence-electron chi connectivity index (χ3n) is 4.17. The van der Waals surface area contributed by atoms with E-state index in [0.717, 1.165) is 12.1 Å². The van der Waals surface area contributed by atoms with Crippen LogP contribution in [0.2, 0.25) is 0 Å². The summed E-state index contributed by atoms with van der Waals surface area (Å²) >= 11 is 0. The van der Waals surface area contributed by atoms with Gasteiger partial charge in [-0.2, -0.15) is 5.10 Å². The van der Waals surface area contributed by atoms with Crippen molar-refractivity contribution in [3.05, 3.63) is 53.4 Å². The predicted molar refractivity (Wildman–Crippen MR) is 78.5 cm³/mol. The molecule has 5 nitrogen and oxygen atoms in total. The summed E-state index contributed by atoms with van der Waals surface area (Å²) in [5.41, 5.74) is 0.584. The first-order valence-electron chi connectivity index (χ1n) is 7.36. The number of halogens is 2. The Morgan fingerprint density at radius 2 is 2.17 bits per heavy atom. The monoisotopic (exact) mass is 321 g/mol. The molecule has 0 aliphatic heterocycles. The molecule has 7 heteroatoms. The maximum atomic E-state index is 14.1. The Bertz CT molecular complexity index is 726. The number of aliphatic hydroxyl groups excluding tert-OH is 1. The number of aromatic nitrogens is 2. The molecule has 122 valence electrons. The molecule has 0 spiro atoms. The lowest BCUT2D eigenvalue weighted by Crippen LogP contribution is -2.41. The standard InChI is InChI=1S/C16H17F2N3O2/c1-21-8-10(7-19-21)16(23)20-15(9-4-12(22)5-9)13-3-2-11(17)6-14(13)18/h2-3,6-9,12,15,22H,4-5H2,1H3,(H,20,23)/t9?,12?,15-/m1/s1. The van der Waals surface area contributed by atoms with Crippen molar-refractivity contribution in [2.75, 3.05) is 0 Å². The number of carbonyl (C=O) groups excluding carboxylic acids is 1. The molecule has 0 unspecified atom stereocenters. The fourth-order valence-corrected chi connectivity index (χ4v) is 2.87. The molecular weight excluding hydrogens is 304 g/mol. The summed E-state index contributed by atoms with van der Waals surface area (Å²) in [4.78, 5) is 12.3. The minimum atomic E-state index is -0.706. The van der Waals surface area contributed by atoms with E-state index in [4.69, 9.17) is 0 Å². The topological polar surface area (TPSA) is 67.2 Å². The number of aliphatic hydroxyl groups is 1. The van der Waals surface area contributed by atoms with Gasteiger partial charge in [0.15, 0.2) is 0 Å². The first-order valence-corrected chi connectivity index (χ1v) is 7.36. The van der Waals surface area contributed by atoms with E-state index in [1.807, 2.05) is 0 Å². The number of hydrogen-bond donors (Lipinski definition) is 2. The fourth-order valence-electron chi connectivity index (χ4n) is 2.87. The summed E-state index contributed by atoms with van der Waals surface area (Å²) < 4.78 is 28.7. The number of nitrogens with zero attached hydrogens (tertiary/aromatic N) is 2. The highest BCUT2D eigenvalue weighted by molar-refractivity contribution is 5.94. The minimum absolute atomic E-state index is 0.0921. The zero-order valence-corrected chi connectivity index (χ0v) is 12.5. The largest absolute Gasteiger partial charge is 0.393 e. The van der Waals surface area contributed by atoms with Gasteiger partial charge in [-0.1, -0.05) is 6.07 Å². The molecule has 1 amide bonds. The fraction of sp³-hybridized carbons (Fsp3) is 0.375. The second kappa shape index (κ2) is 6.08. The maximum absolute atomic E-state index is 14.1. The van der Waals surface area contributed by atoms with E-state index in [-0.39, 0.29) is 17.4 Å². The van der Waals surface area contributed by atoms with Crippen LogP contribution >= 0.6 is 0 Å². The number of rotatable bonds is 4. The number of carbonyl (C=O) groups is 1. The average molecular weight is 321 g/mol. The van der Waals surface area contributed by atoms with Gasteiger partial charge in [0, 0.05) is 24.9 Å². The number of amides is 1. The van der Waals surface area contributed by atoms with Crippen molar-refractivity contribution in [2.24, 2.45) is 13.0 Å². The van der Waals surface area contributed by atoms with Crippen LogP contribution in [-0.2, 0) is 7.05 Å². The van der Waals surface area contributed by atoms with E-state index in [9.17, 15) is 18.7 Å². The van der Waals surface area contributed by atoms with Gasteiger partial charge in [0.05, 0.1) is 23.9 Å². The molecule has 1 heterocycles. The Morgan fingerprint density at radius 1 is 1.43 bits per heavy atom. The zero-order chi connectivity index (χ0) is 16.6. The molecule has 1 aliphatic rings. The van der Waals surface area contributed by atoms with E-state index in [0.29, 0.717) is 18.4 Å². The summed E-state index contributed by atoms with van der Waals surface area (Å²) in [7, 11) is 1.69. The molecule has 0 radical (unpaired) electrons. The smallest absolute Gasteiger partial charge is 0.254 e. The van der Waals surface area contributed by atoms with Gasteiger partial charge in [0.25, 0.3) is 5.91 Å². The van der Waals surface area contributed by atoms with Gasteiger partial charge in [-0.25, -0.2) is 8.78 Å². The molecule has 1 aromatic heterocycles. The lowest BCUT2D eigenvalue weighted by atomic mass is 9.75. The van der Waals surface area contributed by atoms with Gasteiger partial charge < -0.3 is 10.4 Å². The first kappa shape index (κ1) is 15.6. The van der Waals surface area contributed by atoms with Crippen LogP contribution in [-0.4, -0.2) is 26.9 Å². The van der Waals surface area contributed by atoms with Gasteiger partial charge >= 0.3 is 0 Å². The molecule has 1 aromatic carbocycles. The molecule has 1 saturated carbocycles. The molecule has 2 aromatic rings. The second-order valence-corrected chi connectivity index (χ2v) is 5.90. The van der Waals surface area contributed by atoms with Crippen LogP contribution in [0.1, 0.15) is 34.8 Å². The highest BCUT2D eigenvalue weighted by Crippen LogP contribution is 2.39. The van der Waals surface area contributed by atoms with Crippen molar-refractivity contribution in [3.8, 4) is 0 Å². The first-order chi connectivity index (χ1) is 10.9. The normalized spacial score (nSPS) is 21.6. The second-order valence-electron chi connectivity index (χ2n) is 5.90. The van der Waals surface area contributed by atoms with Crippen LogP contribution in [0.3, 0.4) is 0 Å². The molecular formula is C16H17F2N3O2. The molecule has 1 fully saturated rings. The Kier molecular flexibility index (Phi) is 4.12. The number of aryl methyl sites for hydroxylation is 1. The lowest BCUT2D eigenvalue weighted by molar-refractivity contribution is 0.0229. The van der Waals surface area contributed by atoms with Gasteiger partial charge in [-0.3, -0.25) is 9.48 Å². The van der Waals surface area contributed by atoms with Gasteiger partial charge in [-0.05, 0) is 24.8 Å². The van der Waals surface area contributed by atoms with Crippen LogP contribution in [0.5, 0.6) is 0 Å². The van der Waals surface area contributed by atoms with Crippen molar-refractivity contribution < 1.29 is 18.7 Å². The molecule has 2 N–H and O–H groups in total. The number of benzene rings is 1.